The van der Waals surface area contributed by atoms with Gasteiger partial charge < -0.3 is 9.84 Å². The van der Waals surface area contributed by atoms with Crippen molar-refractivity contribution in [2.75, 3.05) is 7.11 Å². The van der Waals surface area contributed by atoms with Gasteiger partial charge in [0.05, 0.1) is 6.10 Å². The van der Waals surface area contributed by atoms with Gasteiger partial charge in [0.25, 0.3) is 0 Å². The van der Waals surface area contributed by atoms with Gasteiger partial charge in [0.15, 0.2) is 0 Å². The van der Waals surface area contributed by atoms with E-state index in [0.717, 1.165) is 17.7 Å². The molecule has 0 bridgehead atoms. The molecule has 2 unspecified atom stereocenters. The molecule has 1 rings (SSSR count). The lowest BCUT2D eigenvalue weighted by Crippen LogP contribution is -2.19. The Kier molecular flexibility index (Phi) is 4.42. The van der Waals surface area contributed by atoms with Crippen molar-refractivity contribution in [3.05, 3.63) is 22.4 Å². The number of aliphatic hydroxyl groups excluding tert-OH is 1. The molecule has 3 heteroatoms. The van der Waals surface area contributed by atoms with Crippen LogP contribution in [0.5, 0.6) is 0 Å². The van der Waals surface area contributed by atoms with Gasteiger partial charge in [0.1, 0.15) is 6.10 Å². The van der Waals surface area contributed by atoms with E-state index >= 15 is 0 Å². The molecule has 0 aliphatic rings. The van der Waals surface area contributed by atoms with Crippen molar-refractivity contribution in [2.45, 2.75) is 32.0 Å². The summed E-state index contributed by atoms with van der Waals surface area (Å²) in [7, 11) is 1.65. The summed E-state index contributed by atoms with van der Waals surface area (Å²) in [5.41, 5.74) is 0. The number of hydrogen-bond donors (Lipinski definition) is 1. The fourth-order valence-electron chi connectivity index (χ4n) is 1.33. The predicted molar refractivity (Wildman–Crippen MR) is 55.0 cm³/mol. The smallest absolute Gasteiger partial charge is 0.114 e. The highest BCUT2D eigenvalue weighted by atomic mass is 32.1. The molecule has 13 heavy (non-hydrogen) atoms. The number of methoxy groups -OCH3 is 1. The molecule has 0 saturated carbocycles. The molecule has 0 spiro atoms. The normalized spacial score (nSPS) is 15.6. The van der Waals surface area contributed by atoms with Gasteiger partial charge in [-0.1, -0.05) is 19.4 Å². The van der Waals surface area contributed by atoms with E-state index in [4.69, 9.17) is 4.74 Å². The summed E-state index contributed by atoms with van der Waals surface area (Å²) >= 11 is 1.57. The molecule has 0 aliphatic heterocycles. The predicted octanol–water partition coefficient (Wildman–Crippen LogP) is 2.60. The summed E-state index contributed by atoms with van der Waals surface area (Å²) < 4.78 is 5.23. The number of thiophene rings is 1. The Hall–Kier alpha value is -0.380. The number of aliphatic hydroxyl groups is 1. The van der Waals surface area contributed by atoms with Gasteiger partial charge in [-0.05, 0) is 17.9 Å². The molecular formula is C10H16O2S. The maximum Gasteiger partial charge on any atom is 0.114 e. The molecule has 1 N–H and O–H groups in total. The summed E-state index contributed by atoms with van der Waals surface area (Å²) in [6.07, 6.45) is 1.39. The maximum absolute atomic E-state index is 9.89. The van der Waals surface area contributed by atoms with Crippen LogP contribution in [0.2, 0.25) is 0 Å². The third kappa shape index (κ3) is 2.79. The van der Waals surface area contributed by atoms with E-state index in [1.807, 2.05) is 17.5 Å². The maximum atomic E-state index is 9.89. The summed E-state index contributed by atoms with van der Waals surface area (Å²) in [6, 6.07) is 3.89. The Morgan fingerprint density at radius 1 is 1.62 bits per heavy atom. The molecule has 0 radical (unpaired) electrons. The fraction of sp³-hybridized carbons (Fsp3) is 0.600. The van der Waals surface area contributed by atoms with Crippen LogP contribution in [0.25, 0.3) is 0 Å². The number of ether oxygens (including phenoxy) is 1. The van der Waals surface area contributed by atoms with E-state index in [0.29, 0.717) is 0 Å². The standard InChI is InChI=1S/C10H16O2S/c1-3-5-8(12-2)10(11)9-6-4-7-13-9/h4,6-8,10-11H,3,5H2,1-2H3. The third-order valence-corrected chi connectivity index (χ3v) is 3.01. The van der Waals surface area contributed by atoms with Crippen LogP contribution in [0.3, 0.4) is 0 Å². The van der Waals surface area contributed by atoms with Crippen molar-refractivity contribution in [3.63, 3.8) is 0 Å². The van der Waals surface area contributed by atoms with E-state index in [2.05, 4.69) is 6.92 Å². The Morgan fingerprint density at radius 2 is 2.38 bits per heavy atom. The molecule has 0 aromatic carbocycles. The zero-order valence-electron chi connectivity index (χ0n) is 8.06. The molecule has 1 aromatic rings. The Balaban J connectivity index is 2.58. The lowest BCUT2D eigenvalue weighted by Gasteiger charge is -2.19. The van der Waals surface area contributed by atoms with Crippen molar-refractivity contribution in [1.82, 2.24) is 0 Å². The molecule has 1 aromatic heterocycles. The molecular weight excluding hydrogens is 184 g/mol. The van der Waals surface area contributed by atoms with E-state index in [-0.39, 0.29) is 6.10 Å². The highest BCUT2D eigenvalue weighted by molar-refractivity contribution is 7.10. The Labute approximate surface area is 83.2 Å². The molecule has 0 fully saturated rings. The SMILES string of the molecule is CCCC(OC)C(O)c1cccs1. The van der Waals surface area contributed by atoms with Gasteiger partial charge in [-0.2, -0.15) is 0 Å². The minimum Gasteiger partial charge on any atom is -0.385 e. The van der Waals surface area contributed by atoms with Gasteiger partial charge in [0, 0.05) is 12.0 Å². The minimum absolute atomic E-state index is 0.0661. The van der Waals surface area contributed by atoms with Crippen LogP contribution in [-0.4, -0.2) is 18.3 Å². The highest BCUT2D eigenvalue weighted by Crippen LogP contribution is 2.25. The molecule has 2 atom stereocenters. The van der Waals surface area contributed by atoms with E-state index in [1.165, 1.54) is 0 Å². The van der Waals surface area contributed by atoms with Crippen LogP contribution < -0.4 is 0 Å². The lowest BCUT2D eigenvalue weighted by molar-refractivity contribution is -0.0162. The van der Waals surface area contributed by atoms with E-state index in [9.17, 15) is 5.11 Å². The van der Waals surface area contributed by atoms with Crippen molar-refractivity contribution in [1.29, 1.82) is 0 Å². The zero-order chi connectivity index (χ0) is 9.68. The topological polar surface area (TPSA) is 29.5 Å². The zero-order valence-corrected chi connectivity index (χ0v) is 8.88. The molecule has 0 aliphatic carbocycles. The van der Waals surface area contributed by atoms with Gasteiger partial charge in [-0.25, -0.2) is 0 Å². The summed E-state index contributed by atoms with van der Waals surface area (Å²) in [6.45, 7) is 2.09. The van der Waals surface area contributed by atoms with Crippen molar-refractivity contribution < 1.29 is 9.84 Å². The number of rotatable bonds is 5. The second kappa shape index (κ2) is 5.37. The van der Waals surface area contributed by atoms with Gasteiger partial charge >= 0.3 is 0 Å². The van der Waals surface area contributed by atoms with Crippen molar-refractivity contribution >= 4 is 11.3 Å². The first kappa shape index (κ1) is 10.7. The van der Waals surface area contributed by atoms with E-state index in [1.54, 1.807) is 18.4 Å². The van der Waals surface area contributed by atoms with E-state index < -0.39 is 6.10 Å². The van der Waals surface area contributed by atoms with Crippen LogP contribution in [0.4, 0.5) is 0 Å². The fourth-order valence-corrected chi connectivity index (χ4v) is 2.09. The molecule has 0 saturated heterocycles. The summed E-state index contributed by atoms with van der Waals surface area (Å²) in [5.74, 6) is 0. The molecule has 74 valence electrons. The average Bonchev–Trinajstić information content (AvgIpc) is 2.65. The largest absolute Gasteiger partial charge is 0.385 e. The first-order chi connectivity index (χ1) is 6.29. The average molecular weight is 200 g/mol. The summed E-state index contributed by atoms with van der Waals surface area (Å²) in [5, 5.41) is 11.9. The van der Waals surface area contributed by atoms with Gasteiger partial charge in [0.2, 0.25) is 0 Å². The minimum atomic E-state index is -0.468. The molecule has 2 nitrogen and oxygen atoms in total. The van der Waals surface area contributed by atoms with Crippen LogP contribution in [0.15, 0.2) is 17.5 Å². The van der Waals surface area contributed by atoms with Crippen molar-refractivity contribution in [3.8, 4) is 0 Å². The third-order valence-electron chi connectivity index (χ3n) is 2.06. The first-order valence-electron chi connectivity index (χ1n) is 4.53. The monoisotopic (exact) mass is 200 g/mol. The molecule has 0 amide bonds. The van der Waals surface area contributed by atoms with Crippen LogP contribution in [0.1, 0.15) is 30.7 Å². The van der Waals surface area contributed by atoms with Crippen LogP contribution in [0, 0.1) is 0 Å². The first-order valence-corrected chi connectivity index (χ1v) is 5.41. The number of hydrogen-bond acceptors (Lipinski definition) is 3. The van der Waals surface area contributed by atoms with Crippen molar-refractivity contribution in [2.24, 2.45) is 0 Å². The quantitative estimate of drug-likeness (QED) is 0.791. The lowest BCUT2D eigenvalue weighted by atomic mass is 10.1. The second-order valence-corrected chi connectivity index (χ2v) is 4.00. The Morgan fingerprint density at radius 3 is 2.85 bits per heavy atom. The van der Waals surface area contributed by atoms with Gasteiger partial charge in [-0.15, -0.1) is 11.3 Å². The van der Waals surface area contributed by atoms with Gasteiger partial charge in [-0.3, -0.25) is 0 Å². The molecule has 1 heterocycles. The summed E-state index contributed by atoms with van der Waals surface area (Å²) in [4.78, 5) is 0.986. The Bertz CT molecular complexity index is 221. The second-order valence-electron chi connectivity index (χ2n) is 3.02. The highest BCUT2D eigenvalue weighted by Gasteiger charge is 2.19. The van der Waals surface area contributed by atoms with Crippen LogP contribution >= 0.6 is 11.3 Å². The van der Waals surface area contributed by atoms with Crippen LogP contribution in [-0.2, 0) is 4.74 Å².